The maximum atomic E-state index is 12.3. The first-order valence-electron chi connectivity index (χ1n) is 11.2. The number of carbonyl (C=O) groups excluding carboxylic acids is 2. The minimum atomic E-state index is -0.915. The Bertz CT molecular complexity index is 1480. The molecule has 188 valence electrons. The monoisotopic (exact) mass is 502 g/mol. The fraction of sp³-hybridized carbons (Fsp3) is 0.115. The van der Waals surface area contributed by atoms with Crippen molar-refractivity contribution >= 4 is 40.4 Å². The summed E-state index contributed by atoms with van der Waals surface area (Å²) in [5.41, 5.74) is 3.83. The smallest absolute Gasteiger partial charge is 0.433 e. The Morgan fingerprint density at radius 3 is 2.59 bits per heavy atom. The summed E-state index contributed by atoms with van der Waals surface area (Å²) in [4.78, 5) is 34.5. The normalized spacial score (nSPS) is 10.8. The first kappa shape index (κ1) is 24.9. The summed E-state index contributed by atoms with van der Waals surface area (Å²) in [7, 11) is 0. The second kappa shape index (κ2) is 11.5. The molecule has 0 aliphatic rings. The molecule has 0 bridgehead atoms. The number of nitrogens with zero attached hydrogens (tertiary/aromatic N) is 2. The van der Waals surface area contributed by atoms with Crippen LogP contribution in [0.4, 0.5) is 11.6 Å². The molecule has 0 saturated carbocycles. The number of nitro groups is 1. The second-order valence-electron chi connectivity index (χ2n) is 7.63. The average molecular weight is 502 g/mol. The second-order valence-corrected chi connectivity index (χ2v) is 7.63. The van der Waals surface area contributed by atoms with Gasteiger partial charge in [-0.2, -0.15) is 5.10 Å². The van der Waals surface area contributed by atoms with Gasteiger partial charge in [-0.15, -0.1) is 0 Å². The lowest BCUT2D eigenvalue weighted by molar-refractivity contribution is -0.402. The highest BCUT2D eigenvalue weighted by molar-refractivity contribution is 5.90. The van der Waals surface area contributed by atoms with E-state index in [-0.39, 0.29) is 36.3 Å². The van der Waals surface area contributed by atoms with Crippen LogP contribution in [0.25, 0.3) is 10.8 Å². The highest BCUT2D eigenvalue weighted by Crippen LogP contribution is 2.29. The Morgan fingerprint density at radius 2 is 1.84 bits per heavy atom. The highest BCUT2D eigenvalue weighted by atomic mass is 16.7. The largest absolute Gasteiger partial charge is 0.490 e. The molecule has 0 unspecified atom stereocenters. The SMILES string of the molecule is CCOc1cc(/C=N\NC(=O)CNc2ccc3ccccc3c2)ccc1OC(=O)c1ccc([N+](=O)[O-])o1. The van der Waals surface area contributed by atoms with Gasteiger partial charge in [0.1, 0.15) is 4.92 Å². The zero-order chi connectivity index (χ0) is 26.2. The number of hydrogen-bond acceptors (Lipinski definition) is 9. The van der Waals surface area contributed by atoms with Gasteiger partial charge in [-0.1, -0.05) is 30.3 Å². The van der Waals surface area contributed by atoms with Gasteiger partial charge in [-0.05, 0) is 59.7 Å². The molecule has 37 heavy (non-hydrogen) atoms. The van der Waals surface area contributed by atoms with Crippen molar-refractivity contribution < 1.29 is 28.4 Å². The molecular weight excluding hydrogens is 480 g/mol. The molecule has 11 nitrogen and oxygen atoms in total. The first-order chi connectivity index (χ1) is 17.9. The molecule has 0 aliphatic heterocycles. The fourth-order valence-corrected chi connectivity index (χ4v) is 3.34. The number of hydrazone groups is 1. The van der Waals surface area contributed by atoms with Gasteiger partial charge in [0.2, 0.25) is 5.76 Å². The van der Waals surface area contributed by atoms with Crippen LogP contribution in [0.15, 0.2) is 82.3 Å². The molecule has 2 N–H and O–H groups in total. The molecule has 0 aliphatic carbocycles. The topological polar surface area (TPSA) is 145 Å². The van der Waals surface area contributed by atoms with Crippen molar-refractivity contribution in [2.45, 2.75) is 6.92 Å². The lowest BCUT2D eigenvalue weighted by atomic mass is 10.1. The number of furan rings is 1. The van der Waals surface area contributed by atoms with E-state index in [0.717, 1.165) is 28.6 Å². The van der Waals surface area contributed by atoms with Crippen molar-refractivity contribution in [2.75, 3.05) is 18.5 Å². The van der Waals surface area contributed by atoms with Crippen molar-refractivity contribution in [3.63, 3.8) is 0 Å². The number of nitrogens with one attached hydrogen (secondary N) is 2. The third-order valence-corrected chi connectivity index (χ3v) is 5.05. The minimum Gasteiger partial charge on any atom is -0.490 e. The van der Waals surface area contributed by atoms with E-state index in [4.69, 9.17) is 13.9 Å². The van der Waals surface area contributed by atoms with Crippen molar-refractivity contribution in [2.24, 2.45) is 5.10 Å². The fourth-order valence-electron chi connectivity index (χ4n) is 3.34. The number of amides is 1. The van der Waals surface area contributed by atoms with Crippen molar-refractivity contribution in [3.05, 3.63) is 94.2 Å². The molecule has 4 aromatic rings. The third kappa shape index (κ3) is 6.48. The number of ether oxygens (including phenoxy) is 2. The Kier molecular flexibility index (Phi) is 7.74. The van der Waals surface area contributed by atoms with Crippen LogP contribution in [0.2, 0.25) is 0 Å². The predicted molar refractivity (Wildman–Crippen MR) is 136 cm³/mol. The summed E-state index contributed by atoms with van der Waals surface area (Å²) >= 11 is 0. The number of benzene rings is 3. The first-order valence-corrected chi connectivity index (χ1v) is 11.2. The zero-order valence-corrected chi connectivity index (χ0v) is 19.7. The standard InChI is InChI=1S/C26H22N4O7/c1-2-35-23-13-17(7-10-21(23)37-26(32)22-11-12-25(36-22)30(33)34)15-28-29-24(31)16-27-20-9-8-18-5-3-4-6-19(18)14-20/h3-15,27H,2,16H2,1H3,(H,29,31)/b28-15-. The van der Waals surface area contributed by atoms with Crippen LogP contribution in [-0.2, 0) is 4.79 Å². The Morgan fingerprint density at radius 1 is 1.03 bits per heavy atom. The number of fused-ring (bicyclic) bond motifs is 1. The average Bonchev–Trinajstić information content (AvgIpc) is 3.40. The molecule has 3 aromatic carbocycles. The molecule has 0 spiro atoms. The number of esters is 1. The Hall–Kier alpha value is -5.19. The quantitative estimate of drug-likeness (QED) is 0.106. The van der Waals surface area contributed by atoms with Crippen LogP contribution in [0, 0.1) is 10.1 Å². The summed E-state index contributed by atoms with van der Waals surface area (Å²) in [6, 6.07) is 20.6. The molecular formula is C26H22N4O7. The van der Waals surface area contributed by atoms with Crippen LogP contribution >= 0.6 is 0 Å². The predicted octanol–water partition coefficient (Wildman–Crippen LogP) is 4.52. The molecule has 11 heteroatoms. The minimum absolute atomic E-state index is 0.0275. The van der Waals surface area contributed by atoms with E-state index < -0.39 is 16.8 Å². The van der Waals surface area contributed by atoms with Gasteiger partial charge >= 0.3 is 11.9 Å². The molecule has 0 saturated heterocycles. The summed E-state index contributed by atoms with van der Waals surface area (Å²) in [6.07, 6.45) is 1.41. The van der Waals surface area contributed by atoms with Gasteiger partial charge in [0.15, 0.2) is 11.5 Å². The van der Waals surface area contributed by atoms with Crippen molar-refractivity contribution in [3.8, 4) is 11.5 Å². The summed E-state index contributed by atoms with van der Waals surface area (Å²) in [5, 5.41) is 19.9. The van der Waals surface area contributed by atoms with Crippen molar-refractivity contribution in [1.29, 1.82) is 0 Å². The van der Waals surface area contributed by atoms with Crippen LogP contribution in [0.5, 0.6) is 11.5 Å². The van der Waals surface area contributed by atoms with Crippen LogP contribution < -0.4 is 20.2 Å². The zero-order valence-electron chi connectivity index (χ0n) is 19.7. The van der Waals surface area contributed by atoms with E-state index in [1.807, 2.05) is 42.5 Å². The summed E-state index contributed by atoms with van der Waals surface area (Å²) in [5.74, 6) is -1.82. The maximum absolute atomic E-state index is 12.3. The van der Waals surface area contributed by atoms with Gasteiger partial charge in [-0.25, -0.2) is 10.2 Å². The molecule has 1 amide bonds. The lowest BCUT2D eigenvalue weighted by Crippen LogP contribution is -2.25. The van der Waals surface area contributed by atoms with Gasteiger partial charge in [0.05, 0.1) is 25.4 Å². The van der Waals surface area contributed by atoms with Crippen LogP contribution in [-0.4, -0.2) is 36.2 Å². The number of hydrogen-bond donors (Lipinski definition) is 2. The maximum Gasteiger partial charge on any atom is 0.433 e. The van der Waals surface area contributed by atoms with Gasteiger partial charge in [0, 0.05) is 5.69 Å². The molecule has 4 rings (SSSR count). The van der Waals surface area contributed by atoms with E-state index in [9.17, 15) is 19.7 Å². The Balaban J connectivity index is 1.34. The van der Waals surface area contributed by atoms with E-state index >= 15 is 0 Å². The van der Waals surface area contributed by atoms with Gasteiger partial charge in [0.25, 0.3) is 5.91 Å². The van der Waals surface area contributed by atoms with Gasteiger partial charge < -0.3 is 19.2 Å². The van der Waals surface area contributed by atoms with Crippen LogP contribution in [0.3, 0.4) is 0 Å². The van der Waals surface area contributed by atoms with E-state index in [1.165, 1.54) is 12.3 Å². The summed E-state index contributed by atoms with van der Waals surface area (Å²) < 4.78 is 15.7. The van der Waals surface area contributed by atoms with Crippen molar-refractivity contribution in [1.82, 2.24) is 5.43 Å². The number of carbonyl (C=O) groups is 2. The Labute approximate surface area is 210 Å². The van der Waals surface area contributed by atoms with E-state index in [1.54, 1.807) is 19.1 Å². The highest BCUT2D eigenvalue weighted by Gasteiger charge is 2.20. The molecule has 1 aromatic heterocycles. The molecule has 0 fully saturated rings. The van der Waals surface area contributed by atoms with Gasteiger partial charge in [-0.3, -0.25) is 14.9 Å². The van der Waals surface area contributed by atoms with Crippen LogP contribution in [0.1, 0.15) is 23.0 Å². The molecule has 0 radical (unpaired) electrons. The summed E-state index contributed by atoms with van der Waals surface area (Å²) in [6.45, 7) is 2.07. The van der Waals surface area contributed by atoms with E-state index in [0.29, 0.717) is 5.56 Å². The van der Waals surface area contributed by atoms with E-state index in [2.05, 4.69) is 15.8 Å². The third-order valence-electron chi connectivity index (χ3n) is 5.05. The number of rotatable bonds is 10. The number of anilines is 1. The lowest BCUT2D eigenvalue weighted by Gasteiger charge is -2.10. The molecule has 0 atom stereocenters. The molecule has 1 heterocycles.